The predicted octanol–water partition coefficient (Wildman–Crippen LogP) is 2.11. The Morgan fingerprint density at radius 3 is 2.77 bits per heavy atom. The first-order valence-corrected chi connectivity index (χ1v) is 8.34. The summed E-state index contributed by atoms with van der Waals surface area (Å²) in [6.07, 6.45) is 0. The van der Waals surface area contributed by atoms with Crippen molar-refractivity contribution in [1.29, 1.82) is 0 Å². The molecule has 0 spiro atoms. The fraction of sp³-hybridized carbons (Fsp3) is 0.353. The Kier molecular flexibility index (Phi) is 5.98. The van der Waals surface area contributed by atoms with Crippen molar-refractivity contribution in [1.82, 2.24) is 0 Å². The van der Waals surface area contributed by atoms with E-state index in [-0.39, 0.29) is 5.91 Å². The Morgan fingerprint density at radius 1 is 1.32 bits per heavy atom. The van der Waals surface area contributed by atoms with Crippen LogP contribution in [0.5, 0.6) is 5.75 Å². The van der Waals surface area contributed by atoms with Gasteiger partial charge in [-0.2, -0.15) is 0 Å². The Morgan fingerprint density at radius 2 is 2.09 bits per heavy atom. The van der Waals surface area contributed by atoms with Crippen LogP contribution < -0.4 is 15.0 Å². The third-order valence-electron chi connectivity index (χ3n) is 3.35. The lowest BCUT2D eigenvalue weighted by Crippen LogP contribution is -3.08. The molecule has 0 aliphatic heterocycles. The summed E-state index contributed by atoms with van der Waals surface area (Å²) < 4.78 is 5.52. The molecule has 22 heavy (non-hydrogen) atoms. The SMILES string of the molecule is CCOc1ccccc1NC(=O)C[NH+](C)Cc1sccc1C. The van der Waals surface area contributed by atoms with Gasteiger partial charge in [0.1, 0.15) is 12.3 Å². The highest BCUT2D eigenvalue weighted by atomic mass is 32.1. The molecule has 2 rings (SSSR count). The smallest absolute Gasteiger partial charge is 0.279 e. The summed E-state index contributed by atoms with van der Waals surface area (Å²) in [5.74, 6) is 0.712. The van der Waals surface area contributed by atoms with Crippen LogP contribution in [0.2, 0.25) is 0 Å². The van der Waals surface area contributed by atoms with Crippen LogP contribution in [0.1, 0.15) is 17.4 Å². The third kappa shape index (κ3) is 4.58. The number of quaternary nitrogens is 1. The molecule has 1 unspecified atom stereocenters. The molecule has 4 nitrogen and oxygen atoms in total. The number of amides is 1. The monoisotopic (exact) mass is 319 g/mol. The highest BCUT2D eigenvalue weighted by Gasteiger charge is 2.14. The summed E-state index contributed by atoms with van der Waals surface area (Å²) in [7, 11) is 2.03. The van der Waals surface area contributed by atoms with E-state index in [9.17, 15) is 4.79 Å². The number of aryl methyl sites for hydroxylation is 1. The van der Waals surface area contributed by atoms with E-state index in [2.05, 4.69) is 23.7 Å². The first kappa shape index (κ1) is 16.5. The fourth-order valence-corrected chi connectivity index (χ4v) is 3.26. The van der Waals surface area contributed by atoms with Gasteiger partial charge in [0.2, 0.25) is 0 Å². The molecule has 1 aromatic carbocycles. The van der Waals surface area contributed by atoms with E-state index in [4.69, 9.17) is 4.74 Å². The van der Waals surface area contributed by atoms with Gasteiger partial charge in [-0.05, 0) is 43.0 Å². The Labute approximate surface area is 135 Å². The van der Waals surface area contributed by atoms with Crippen LogP contribution in [0.15, 0.2) is 35.7 Å². The van der Waals surface area contributed by atoms with Crippen LogP contribution in [0.25, 0.3) is 0 Å². The van der Waals surface area contributed by atoms with Crippen molar-refractivity contribution in [3.8, 4) is 5.75 Å². The van der Waals surface area contributed by atoms with Gasteiger partial charge in [-0.25, -0.2) is 0 Å². The summed E-state index contributed by atoms with van der Waals surface area (Å²) in [6.45, 7) is 5.91. The van der Waals surface area contributed by atoms with E-state index in [0.717, 1.165) is 17.1 Å². The van der Waals surface area contributed by atoms with Gasteiger partial charge in [-0.1, -0.05) is 12.1 Å². The zero-order valence-corrected chi connectivity index (χ0v) is 14.1. The number of anilines is 1. The van der Waals surface area contributed by atoms with E-state index < -0.39 is 0 Å². The number of likely N-dealkylation sites (N-methyl/N-ethyl adjacent to an activating group) is 1. The van der Waals surface area contributed by atoms with Crippen molar-refractivity contribution >= 4 is 22.9 Å². The van der Waals surface area contributed by atoms with Gasteiger partial charge in [-0.3, -0.25) is 4.79 Å². The Balaban J connectivity index is 1.91. The zero-order chi connectivity index (χ0) is 15.9. The molecule has 0 aliphatic rings. The number of carbonyl (C=O) groups is 1. The van der Waals surface area contributed by atoms with Crippen molar-refractivity contribution in [2.24, 2.45) is 0 Å². The highest BCUT2D eigenvalue weighted by molar-refractivity contribution is 7.10. The lowest BCUT2D eigenvalue weighted by molar-refractivity contribution is -0.884. The largest absolute Gasteiger partial charge is 0.492 e. The predicted molar refractivity (Wildman–Crippen MR) is 90.8 cm³/mol. The molecular weight excluding hydrogens is 296 g/mol. The van der Waals surface area contributed by atoms with Gasteiger partial charge < -0.3 is 15.0 Å². The Hall–Kier alpha value is -1.85. The van der Waals surface area contributed by atoms with E-state index in [1.807, 2.05) is 38.2 Å². The zero-order valence-electron chi connectivity index (χ0n) is 13.3. The second kappa shape index (κ2) is 7.96. The summed E-state index contributed by atoms with van der Waals surface area (Å²) >= 11 is 1.75. The molecule has 0 aliphatic carbocycles. The molecule has 5 heteroatoms. The molecule has 1 atom stereocenters. The first-order valence-electron chi connectivity index (χ1n) is 7.46. The van der Waals surface area contributed by atoms with E-state index >= 15 is 0 Å². The van der Waals surface area contributed by atoms with E-state index in [1.165, 1.54) is 10.4 Å². The van der Waals surface area contributed by atoms with Crippen molar-refractivity contribution < 1.29 is 14.4 Å². The maximum absolute atomic E-state index is 12.2. The second-order valence-corrected chi connectivity index (χ2v) is 6.32. The Bertz CT molecular complexity index is 625. The molecule has 1 amide bonds. The lowest BCUT2D eigenvalue weighted by Gasteiger charge is -2.15. The second-order valence-electron chi connectivity index (χ2n) is 5.31. The number of ether oxygens (including phenoxy) is 1. The van der Waals surface area contributed by atoms with Crippen LogP contribution in [-0.2, 0) is 11.3 Å². The lowest BCUT2D eigenvalue weighted by atomic mass is 10.2. The van der Waals surface area contributed by atoms with Crippen LogP contribution >= 0.6 is 11.3 Å². The number of para-hydroxylation sites is 2. The number of thiophene rings is 1. The van der Waals surface area contributed by atoms with Crippen LogP contribution in [-0.4, -0.2) is 26.1 Å². The van der Waals surface area contributed by atoms with Gasteiger partial charge in [0.15, 0.2) is 6.54 Å². The normalized spacial score (nSPS) is 12.0. The molecule has 0 saturated heterocycles. The number of rotatable bonds is 7. The number of hydrogen-bond acceptors (Lipinski definition) is 3. The summed E-state index contributed by atoms with van der Waals surface area (Å²) in [6, 6.07) is 9.64. The van der Waals surface area contributed by atoms with Gasteiger partial charge >= 0.3 is 0 Å². The molecule has 0 fully saturated rings. The van der Waals surface area contributed by atoms with Crippen LogP contribution in [0.3, 0.4) is 0 Å². The van der Waals surface area contributed by atoms with E-state index in [1.54, 1.807) is 11.3 Å². The average Bonchev–Trinajstić information content (AvgIpc) is 2.86. The number of carbonyl (C=O) groups excluding carboxylic acids is 1. The van der Waals surface area contributed by atoms with Crippen molar-refractivity contribution in [2.75, 3.05) is 25.5 Å². The first-order chi connectivity index (χ1) is 10.6. The topological polar surface area (TPSA) is 42.8 Å². The van der Waals surface area contributed by atoms with Gasteiger partial charge in [0.25, 0.3) is 5.91 Å². The highest BCUT2D eigenvalue weighted by Crippen LogP contribution is 2.23. The van der Waals surface area contributed by atoms with Crippen LogP contribution in [0, 0.1) is 6.92 Å². The number of hydrogen-bond donors (Lipinski definition) is 2. The minimum Gasteiger partial charge on any atom is -0.492 e. The quantitative estimate of drug-likeness (QED) is 0.821. The average molecular weight is 319 g/mol. The van der Waals surface area contributed by atoms with Crippen molar-refractivity contribution in [2.45, 2.75) is 20.4 Å². The minimum absolute atomic E-state index is 0.00105. The summed E-state index contributed by atoms with van der Waals surface area (Å²) in [5, 5.41) is 5.03. The fourth-order valence-electron chi connectivity index (χ4n) is 2.24. The standard InChI is InChI=1S/C17H22N2O2S/c1-4-21-15-8-6-5-7-14(15)18-17(20)12-19(3)11-16-13(2)9-10-22-16/h5-10H,4,11-12H2,1-3H3,(H,18,20)/p+1. The number of benzene rings is 1. The molecule has 2 N–H and O–H groups in total. The summed E-state index contributed by atoms with van der Waals surface area (Å²) in [5.41, 5.74) is 2.03. The molecule has 0 bridgehead atoms. The molecule has 1 heterocycles. The van der Waals surface area contributed by atoms with Crippen LogP contribution in [0.4, 0.5) is 5.69 Å². The molecule has 0 radical (unpaired) electrons. The minimum atomic E-state index is -0.00105. The third-order valence-corrected chi connectivity index (χ3v) is 4.38. The number of nitrogens with one attached hydrogen (secondary N) is 2. The molecule has 0 saturated carbocycles. The van der Waals surface area contributed by atoms with E-state index in [0.29, 0.717) is 18.9 Å². The molecule has 1 aromatic heterocycles. The van der Waals surface area contributed by atoms with Gasteiger partial charge in [-0.15, -0.1) is 11.3 Å². The van der Waals surface area contributed by atoms with Crippen molar-refractivity contribution in [3.05, 3.63) is 46.2 Å². The van der Waals surface area contributed by atoms with Gasteiger partial charge in [0.05, 0.1) is 24.2 Å². The maximum atomic E-state index is 12.2. The van der Waals surface area contributed by atoms with Crippen molar-refractivity contribution in [3.63, 3.8) is 0 Å². The van der Waals surface area contributed by atoms with Gasteiger partial charge in [0, 0.05) is 0 Å². The molecule has 2 aromatic rings. The summed E-state index contributed by atoms with van der Waals surface area (Å²) in [4.78, 5) is 14.7. The molecule has 118 valence electrons. The maximum Gasteiger partial charge on any atom is 0.279 e. The molecular formula is C17H23N2O2S+.